The molecular weight excluding hydrogens is 188 g/mol. The van der Waals surface area contributed by atoms with Crippen molar-refractivity contribution in [2.24, 2.45) is 5.92 Å². The minimum Gasteiger partial charge on any atom is -0.368 e. The Bertz CT molecular complexity index is 333. The normalized spacial score (nSPS) is 15.7. The molecule has 0 spiro atoms. The number of rotatable bonds is 4. The van der Waals surface area contributed by atoms with Crippen molar-refractivity contribution in [3.63, 3.8) is 0 Å². The number of nitrogen functional groups attached to an aromatic ring is 1. The van der Waals surface area contributed by atoms with Crippen LogP contribution in [0.4, 0.5) is 11.8 Å². The zero-order valence-electron chi connectivity index (χ0n) is 9.35. The van der Waals surface area contributed by atoms with Crippen molar-refractivity contribution >= 4 is 11.8 Å². The maximum absolute atomic E-state index is 5.59. The van der Waals surface area contributed by atoms with E-state index in [0.29, 0.717) is 12.0 Å². The molecule has 0 aliphatic heterocycles. The lowest BCUT2D eigenvalue weighted by molar-refractivity contribution is 0.636. The Morgan fingerprint density at radius 3 is 2.80 bits per heavy atom. The molecule has 0 saturated heterocycles. The third-order valence-corrected chi connectivity index (χ3v) is 2.73. The van der Waals surface area contributed by atoms with Crippen molar-refractivity contribution in [3.8, 4) is 0 Å². The third-order valence-electron chi connectivity index (χ3n) is 2.73. The van der Waals surface area contributed by atoms with Crippen molar-refractivity contribution in [2.75, 3.05) is 17.2 Å². The molecular formula is C11H18N4. The number of hydrogen-bond acceptors (Lipinski definition) is 4. The largest absolute Gasteiger partial charge is 0.368 e. The molecule has 1 aliphatic rings. The Morgan fingerprint density at radius 2 is 2.27 bits per heavy atom. The second-order valence-corrected chi connectivity index (χ2v) is 4.46. The van der Waals surface area contributed by atoms with E-state index in [1.54, 1.807) is 6.20 Å². The van der Waals surface area contributed by atoms with Gasteiger partial charge in [-0.1, -0.05) is 0 Å². The van der Waals surface area contributed by atoms with E-state index >= 15 is 0 Å². The first-order valence-corrected chi connectivity index (χ1v) is 5.52. The van der Waals surface area contributed by atoms with Gasteiger partial charge in [0.25, 0.3) is 0 Å². The quantitative estimate of drug-likeness (QED) is 0.814. The van der Waals surface area contributed by atoms with Crippen molar-refractivity contribution in [1.82, 2.24) is 9.97 Å². The second kappa shape index (κ2) is 4.04. The molecule has 0 aromatic carbocycles. The average Bonchev–Trinajstić information content (AvgIpc) is 2.97. The summed E-state index contributed by atoms with van der Waals surface area (Å²) >= 11 is 0. The summed E-state index contributed by atoms with van der Waals surface area (Å²) in [7, 11) is 0. The number of nitrogens with two attached hydrogens (primary N) is 1. The van der Waals surface area contributed by atoms with Gasteiger partial charge in [0.2, 0.25) is 5.95 Å². The first-order chi connectivity index (χ1) is 7.16. The van der Waals surface area contributed by atoms with Crippen molar-refractivity contribution in [1.29, 1.82) is 0 Å². The maximum atomic E-state index is 5.59. The van der Waals surface area contributed by atoms with E-state index in [1.165, 1.54) is 12.8 Å². The van der Waals surface area contributed by atoms with Gasteiger partial charge in [-0.25, -0.2) is 4.98 Å². The summed E-state index contributed by atoms with van der Waals surface area (Å²) in [5.74, 6) is 2.15. The minimum absolute atomic E-state index is 0.356. The fraction of sp³-hybridized carbons (Fsp3) is 0.636. The van der Waals surface area contributed by atoms with Gasteiger partial charge in [-0.05, 0) is 38.7 Å². The number of nitrogens with zero attached hydrogens (tertiary/aromatic N) is 3. The first-order valence-electron chi connectivity index (χ1n) is 5.52. The molecule has 1 heterocycles. The standard InChI is InChI=1S/C11H18N4/c1-8(2)15(7-9-3-4-9)10-5-6-13-11(12)14-10/h5-6,8-9H,3-4,7H2,1-2H3,(H2,12,13,14). The van der Waals surface area contributed by atoms with Crippen LogP contribution in [0.15, 0.2) is 12.3 Å². The molecule has 0 atom stereocenters. The lowest BCUT2D eigenvalue weighted by atomic mass is 10.2. The molecule has 4 nitrogen and oxygen atoms in total. The fourth-order valence-electron chi connectivity index (χ4n) is 1.67. The lowest BCUT2D eigenvalue weighted by Crippen LogP contribution is -2.33. The summed E-state index contributed by atoms with van der Waals surface area (Å²) < 4.78 is 0. The topological polar surface area (TPSA) is 55.0 Å². The van der Waals surface area contributed by atoms with Crippen LogP contribution in [0.5, 0.6) is 0 Å². The van der Waals surface area contributed by atoms with Gasteiger partial charge in [0.15, 0.2) is 0 Å². The first kappa shape index (κ1) is 10.2. The van der Waals surface area contributed by atoms with Crippen LogP contribution >= 0.6 is 0 Å². The van der Waals surface area contributed by atoms with Gasteiger partial charge in [-0.3, -0.25) is 0 Å². The smallest absolute Gasteiger partial charge is 0.221 e. The predicted molar refractivity (Wildman–Crippen MR) is 61.7 cm³/mol. The van der Waals surface area contributed by atoms with Crippen molar-refractivity contribution < 1.29 is 0 Å². The number of anilines is 2. The Balaban J connectivity index is 2.15. The highest BCUT2D eigenvalue weighted by atomic mass is 15.2. The Kier molecular flexibility index (Phi) is 2.75. The van der Waals surface area contributed by atoms with Gasteiger partial charge >= 0.3 is 0 Å². The average molecular weight is 206 g/mol. The minimum atomic E-state index is 0.356. The van der Waals surface area contributed by atoms with E-state index in [9.17, 15) is 0 Å². The Labute approximate surface area is 90.5 Å². The van der Waals surface area contributed by atoms with Gasteiger partial charge in [0.1, 0.15) is 5.82 Å². The highest BCUT2D eigenvalue weighted by Crippen LogP contribution is 2.31. The molecule has 1 saturated carbocycles. The highest BCUT2D eigenvalue weighted by Gasteiger charge is 2.26. The molecule has 1 fully saturated rings. The zero-order valence-corrected chi connectivity index (χ0v) is 9.35. The summed E-state index contributed by atoms with van der Waals surface area (Å²) in [4.78, 5) is 10.5. The van der Waals surface area contributed by atoms with Crippen LogP contribution in [0.2, 0.25) is 0 Å². The molecule has 0 unspecified atom stereocenters. The monoisotopic (exact) mass is 206 g/mol. The van der Waals surface area contributed by atoms with Crippen LogP contribution in [-0.4, -0.2) is 22.6 Å². The van der Waals surface area contributed by atoms with E-state index < -0.39 is 0 Å². The second-order valence-electron chi connectivity index (χ2n) is 4.46. The van der Waals surface area contributed by atoms with Crippen LogP contribution in [0.1, 0.15) is 26.7 Å². The Morgan fingerprint density at radius 1 is 1.53 bits per heavy atom. The highest BCUT2D eigenvalue weighted by molar-refractivity contribution is 5.42. The van der Waals surface area contributed by atoms with E-state index in [-0.39, 0.29) is 0 Å². The lowest BCUT2D eigenvalue weighted by Gasteiger charge is -2.27. The maximum Gasteiger partial charge on any atom is 0.221 e. The summed E-state index contributed by atoms with van der Waals surface area (Å²) in [6.07, 6.45) is 4.42. The van der Waals surface area contributed by atoms with Gasteiger partial charge in [-0.15, -0.1) is 0 Å². The zero-order chi connectivity index (χ0) is 10.8. The van der Waals surface area contributed by atoms with E-state index in [0.717, 1.165) is 18.3 Å². The molecule has 2 rings (SSSR count). The SMILES string of the molecule is CC(C)N(CC1CC1)c1ccnc(N)n1. The van der Waals surface area contributed by atoms with Gasteiger partial charge in [0.05, 0.1) is 0 Å². The fourth-order valence-corrected chi connectivity index (χ4v) is 1.67. The van der Waals surface area contributed by atoms with Crippen LogP contribution in [-0.2, 0) is 0 Å². The van der Waals surface area contributed by atoms with Crippen LogP contribution in [0.3, 0.4) is 0 Å². The molecule has 0 amide bonds. The molecule has 1 aromatic heterocycles. The molecule has 0 bridgehead atoms. The molecule has 82 valence electrons. The van der Waals surface area contributed by atoms with Crippen LogP contribution in [0.25, 0.3) is 0 Å². The summed E-state index contributed by atoms with van der Waals surface area (Å²) in [5.41, 5.74) is 5.59. The van der Waals surface area contributed by atoms with Crippen molar-refractivity contribution in [3.05, 3.63) is 12.3 Å². The number of aromatic nitrogens is 2. The molecule has 2 N–H and O–H groups in total. The Hall–Kier alpha value is -1.32. The molecule has 4 heteroatoms. The molecule has 15 heavy (non-hydrogen) atoms. The summed E-state index contributed by atoms with van der Waals surface area (Å²) in [6, 6.07) is 2.39. The van der Waals surface area contributed by atoms with Crippen LogP contribution < -0.4 is 10.6 Å². The van der Waals surface area contributed by atoms with E-state index in [1.807, 2.05) is 6.07 Å². The molecule has 1 aromatic rings. The number of hydrogen-bond donors (Lipinski definition) is 1. The molecule has 1 aliphatic carbocycles. The van der Waals surface area contributed by atoms with Gasteiger partial charge in [-0.2, -0.15) is 4.98 Å². The molecule has 0 radical (unpaired) electrons. The van der Waals surface area contributed by atoms with Crippen molar-refractivity contribution in [2.45, 2.75) is 32.7 Å². The predicted octanol–water partition coefficient (Wildman–Crippen LogP) is 1.68. The third kappa shape index (κ3) is 2.58. The summed E-state index contributed by atoms with van der Waals surface area (Å²) in [5, 5.41) is 0. The summed E-state index contributed by atoms with van der Waals surface area (Å²) in [6.45, 7) is 5.45. The van der Waals surface area contributed by atoms with E-state index in [4.69, 9.17) is 5.73 Å². The van der Waals surface area contributed by atoms with Crippen LogP contribution in [0, 0.1) is 5.92 Å². The van der Waals surface area contributed by atoms with Gasteiger partial charge in [0, 0.05) is 18.8 Å². The van der Waals surface area contributed by atoms with Gasteiger partial charge < -0.3 is 10.6 Å². The van der Waals surface area contributed by atoms with E-state index in [2.05, 4.69) is 28.7 Å².